The Hall–Kier alpha value is -2.55. The molecule has 0 aromatic heterocycles. The highest BCUT2D eigenvalue weighted by molar-refractivity contribution is 5.42. The summed E-state index contributed by atoms with van der Waals surface area (Å²) in [6.07, 6.45) is 0.607. The second-order valence-electron chi connectivity index (χ2n) is 4.86. The molecule has 2 unspecified atom stereocenters. The molecule has 0 aliphatic heterocycles. The average Bonchev–Trinajstić information content (AvgIpc) is 2.42. The van der Waals surface area contributed by atoms with E-state index in [2.05, 4.69) is 0 Å². The summed E-state index contributed by atoms with van der Waals surface area (Å²) < 4.78 is 0. The second kappa shape index (κ2) is 4.04. The monoisotopic (exact) mass is 237 g/mol. The van der Waals surface area contributed by atoms with Crippen molar-refractivity contribution in [3.05, 3.63) is 0 Å². The minimum atomic E-state index is -1.92. The quantitative estimate of drug-likeness (QED) is 0.638. The number of hydrogen-bond acceptors (Lipinski definition) is 5. The molecule has 88 valence electrons. The van der Waals surface area contributed by atoms with Crippen molar-refractivity contribution < 1.29 is 0 Å². The van der Waals surface area contributed by atoms with Gasteiger partial charge < -0.3 is 0 Å². The lowest BCUT2D eigenvalue weighted by molar-refractivity contribution is 0.0262. The van der Waals surface area contributed by atoms with Crippen molar-refractivity contribution in [3.8, 4) is 30.3 Å². The summed E-state index contributed by atoms with van der Waals surface area (Å²) >= 11 is 0. The van der Waals surface area contributed by atoms with Gasteiger partial charge in [-0.15, -0.1) is 0 Å². The third-order valence-electron chi connectivity index (χ3n) is 4.31. The topological polar surface area (TPSA) is 119 Å². The number of hydrogen-bond donors (Lipinski definition) is 0. The SMILES string of the molecule is CC1CCC(C#N)(C#N)C(C#N)(C#N)C1(C)C#N. The van der Waals surface area contributed by atoms with Crippen molar-refractivity contribution in [2.24, 2.45) is 22.2 Å². The standard InChI is InChI=1S/C13H11N5/c1-10-3-4-12(6-15,7-16)13(8-17,9-18)11(10,2)5-14/h10H,3-4H2,1-2H3. The van der Waals surface area contributed by atoms with E-state index in [1.54, 1.807) is 19.1 Å². The first-order chi connectivity index (χ1) is 8.43. The predicted molar refractivity (Wildman–Crippen MR) is 59.4 cm³/mol. The van der Waals surface area contributed by atoms with Gasteiger partial charge in [0.2, 0.25) is 0 Å². The summed E-state index contributed by atoms with van der Waals surface area (Å²) in [6.45, 7) is 3.26. The summed E-state index contributed by atoms with van der Waals surface area (Å²) in [6, 6.07) is 9.23. The Labute approximate surface area is 106 Å². The van der Waals surface area contributed by atoms with Crippen LogP contribution >= 0.6 is 0 Å². The molecule has 0 spiro atoms. The van der Waals surface area contributed by atoms with Crippen LogP contribution in [0.4, 0.5) is 0 Å². The molecule has 0 saturated heterocycles. The molecule has 0 radical (unpaired) electrons. The fraction of sp³-hybridized carbons (Fsp3) is 0.615. The second-order valence-corrected chi connectivity index (χ2v) is 4.86. The van der Waals surface area contributed by atoms with Crippen LogP contribution in [0.3, 0.4) is 0 Å². The highest BCUT2D eigenvalue weighted by atomic mass is 14.7. The van der Waals surface area contributed by atoms with Crippen LogP contribution in [0.25, 0.3) is 0 Å². The van der Waals surface area contributed by atoms with Gasteiger partial charge >= 0.3 is 0 Å². The first-order valence-electron chi connectivity index (χ1n) is 5.50. The van der Waals surface area contributed by atoms with Crippen molar-refractivity contribution in [1.29, 1.82) is 26.3 Å². The molecule has 0 heterocycles. The molecule has 5 heteroatoms. The maximum absolute atomic E-state index is 9.40. The van der Waals surface area contributed by atoms with Crippen LogP contribution in [-0.2, 0) is 0 Å². The van der Waals surface area contributed by atoms with E-state index in [0.717, 1.165) is 0 Å². The molecule has 0 N–H and O–H groups in total. The van der Waals surface area contributed by atoms with E-state index < -0.39 is 16.2 Å². The zero-order valence-electron chi connectivity index (χ0n) is 10.2. The molecule has 5 nitrogen and oxygen atoms in total. The van der Waals surface area contributed by atoms with Crippen molar-refractivity contribution in [3.63, 3.8) is 0 Å². The van der Waals surface area contributed by atoms with Gasteiger partial charge in [-0.05, 0) is 25.7 Å². The fourth-order valence-corrected chi connectivity index (χ4v) is 2.67. The zero-order valence-corrected chi connectivity index (χ0v) is 10.2. The van der Waals surface area contributed by atoms with E-state index >= 15 is 0 Å². The van der Waals surface area contributed by atoms with Crippen LogP contribution < -0.4 is 0 Å². The first kappa shape index (κ1) is 13.5. The Balaban J connectivity index is 3.74. The van der Waals surface area contributed by atoms with Gasteiger partial charge in [-0.1, -0.05) is 6.92 Å². The number of rotatable bonds is 0. The van der Waals surface area contributed by atoms with Crippen LogP contribution in [0.15, 0.2) is 0 Å². The van der Waals surface area contributed by atoms with Crippen LogP contribution in [0.5, 0.6) is 0 Å². The van der Waals surface area contributed by atoms with Gasteiger partial charge in [0.05, 0.1) is 35.8 Å². The minimum absolute atomic E-state index is 0.138. The maximum atomic E-state index is 9.40. The lowest BCUT2D eigenvalue weighted by atomic mass is 9.45. The average molecular weight is 237 g/mol. The van der Waals surface area contributed by atoms with E-state index in [4.69, 9.17) is 0 Å². The third-order valence-corrected chi connectivity index (χ3v) is 4.31. The van der Waals surface area contributed by atoms with Gasteiger partial charge in [0.25, 0.3) is 0 Å². The molecule has 1 aliphatic carbocycles. The van der Waals surface area contributed by atoms with E-state index in [0.29, 0.717) is 6.42 Å². The van der Waals surface area contributed by atoms with Crippen LogP contribution in [0, 0.1) is 78.8 Å². The molecule has 0 bridgehead atoms. The molecule has 0 amide bonds. The summed E-state index contributed by atoms with van der Waals surface area (Å²) in [5, 5.41) is 46.7. The Morgan fingerprint density at radius 3 is 1.72 bits per heavy atom. The number of nitrogens with zero attached hydrogens (tertiary/aromatic N) is 5. The molecule has 1 saturated carbocycles. The van der Waals surface area contributed by atoms with Gasteiger partial charge in [-0.2, -0.15) is 26.3 Å². The fourth-order valence-electron chi connectivity index (χ4n) is 2.67. The van der Waals surface area contributed by atoms with Gasteiger partial charge in [-0.25, -0.2) is 0 Å². The van der Waals surface area contributed by atoms with Crippen LogP contribution in [0.1, 0.15) is 26.7 Å². The van der Waals surface area contributed by atoms with E-state index in [1.807, 2.05) is 18.2 Å². The molecule has 1 fully saturated rings. The van der Waals surface area contributed by atoms with Crippen LogP contribution in [0.2, 0.25) is 0 Å². The van der Waals surface area contributed by atoms with Gasteiger partial charge in [0.15, 0.2) is 10.8 Å². The highest BCUT2D eigenvalue weighted by Gasteiger charge is 2.69. The smallest absolute Gasteiger partial charge is 0.193 e. The summed E-state index contributed by atoms with van der Waals surface area (Å²) in [4.78, 5) is 0. The minimum Gasteiger partial charge on any atom is -0.198 e. The largest absolute Gasteiger partial charge is 0.198 e. The molecule has 1 rings (SSSR count). The first-order valence-corrected chi connectivity index (χ1v) is 5.50. The lowest BCUT2D eigenvalue weighted by Gasteiger charge is -2.48. The molecule has 0 aromatic carbocycles. The lowest BCUT2D eigenvalue weighted by Crippen LogP contribution is -2.55. The Bertz CT molecular complexity index is 543. The molecular formula is C13H11N5. The Kier molecular flexibility index (Phi) is 3.03. The molecule has 18 heavy (non-hydrogen) atoms. The van der Waals surface area contributed by atoms with E-state index in [9.17, 15) is 26.3 Å². The highest BCUT2D eigenvalue weighted by Crippen LogP contribution is 2.61. The third kappa shape index (κ3) is 1.16. The van der Waals surface area contributed by atoms with Gasteiger partial charge in [-0.3, -0.25) is 0 Å². The van der Waals surface area contributed by atoms with Gasteiger partial charge in [0.1, 0.15) is 0 Å². The normalized spacial score (nSPS) is 31.7. The van der Waals surface area contributed by atoms with Crippen molar-refractivity contribution in [1.82, 2.24) is 0 Å². The summed E-state index contributed by atoms with van der Waals surface area (Å²) in [7, 11) is 0. The molecule has 0 aromatic rings. The Morgan fingerprint density at radius 2 is 1.39 bits per heavy atom. The van der Waals surface area contributed by atoms with Crippen molar-refractivity contribution in [2.75, 3.05) is 0 Å². The van der Waals surface area contributed by atoms with Crippen LogP contribution in [-0.4, -0.2) is 0 Å². The number of nitriles is 5. The Morgan fingerprint density at radius 1 is 0.889 bits per heavy atom. The van der Waals surface area contributed by atoms with Gasteiger partial charge in [0, 0.05) is 0 Å². The van der Waals surface area contributed by atoms with Crippen molar-refractivity contribution >= 4 is 0 Å². The van der Waals surface area contributed by atoms with E-state index in [-0.39, 0.29) is 12.3 Å². The van der Waals surface area contributed by atoms with E-state index in [1.165, 1.54) is 6.92 Å². The summed E-state index contributed by atoms with van der Waals surface area (Å²) in [5.74, 6) is -0.225. The summed E-state index contributed by atoms with van der Waals surface area (Å²) in [5.41, 5.74) is -5.00. The molecule has 1 aliphatic rings. The maximum Gasteiger partial charge on any atom is 0.193 e. The molecular weight excluding hydrogens is 226 g/mol. The molecule has 2 atom stereocenters. The zero-order chi connectivity index (χ0) is 14.0. The van der Waals surface area contributed by atoms with Crippen molar-refractivity contribution in [2.45, 2.75) is 26.7 Å². The predicted octanol–water partition coefficient (Wildman–Crippen LogP) is 2.01.